The van der Waals surface area contributed by atoms with Crippen molar-refractivity contribution < 1.29 is 9.90 Å². The van der Waals surface area contributed by atoms with Crippen molar-refractivity contribution in [3.8, 4) is 0 Å². The molecule has 116 valence electrons. The van der Waals surface area contributed by atoms with Gasteiger partial charge < -0.3 is 20.2 Å². The van der Waals surface area contributed by atoms with Gasteiger partial charge in [0.15, 0.2) is 0 Å². The van der Waals surface area contributed by atoms with Crippen molar-refractivity contribution in [3.63, 3.8) is 0 Å². The molecule has 0 spiro atoms. The highest BCUT2D eigenvalue weighted by Crippen LogP contribution is 2.20. The van der Waals surface area contributed by atoms with E-state index in [1.165, 1.54) is 19.3 Å². The molecular weight excluding hydrogens is 254 g/mol. The van der Waals surface area contributed by atoms with Crippen LogP contribution in [-0.4, -0.2) is 72.7 Å². The second-order valence-electron chi connectivity index (χ2n) is 6.46. The molecule has 2 heterocycles. The van der Waals surface area contributed by atoms with E-state index in [4.69, 9.17) is 0 Å². The number of piperidine rings is 2. The minimum Gasteiger partial charge on any atom is -0.388 e. The molecule has 0 aromatic carbocycles. The summed E-state index contributed by atoms with van der Waals surface area (Å²) >= 11 is 0. The average molecular weight is 283 g/mol. The predicted molar refractivity (Wildman–Crippen MR) is 79.6 cm³/mol. The van der Waals surface area contributed by atoms with Crippen LogP contribution < -0.4 is 5.32 Å². The van der Waals surface area contributed by atoms with Gasteiger partial charge in [-0.3, -0.25) is 4.79 Å². The normalized spacial score (nSPS) is 24.5. The molecular formula is C15H29N3O2. The highest BCUT2D eigenvalue weighted by Gasteiger charge is 2.31. The molecule has 2 rings (SSSR count). The van der Waals surface area contributed by atoms with Crippen LogP contribution in [-0.2, 0) is 4.79 Å². The number of rotatable bonds is 5. The van der Waals surface area contributed by atoms with E-state index in [9.17, 15) is 9.90 Å². The summed E-state index contributed by atoms with van der Waals surface area (Å²) in [4.78, 5) is 16.5. The number of amides is 1. The average Bonchev–Trinajstić information content (AvgIpc) is 2.48. The van der Waals surface area contributed by atoms with Crippen LogP contribution in [0.3, 0.4) is 0 Å². The lowest BCUT2D eigenvalue weighted by Gasteiger charge is -2.36. The predicted octanol–water partition coefficient (Wildman–Crippen LogP) is 0.435. The first-order valence-corrected chi connectivity index (χ1v) is 7.97. The molecule has 0 aromatic heterocycles. The Labute approximate surface area is 122 Å². The molecule has 0 saturated carbocycles. The first-order valence-electron chi connectivity index (χ1n) is 7.97. The number of aliphatic hydroxyl groups is 1. The van der Waals surface area contributed by atoms with Crippen LogP contribution in [0.1, 0.15) is 38.5 Å². The lowest BCUT2D eigenvalue weighted by molar-refractivity contribution is -0.123. The fourth-order valence-corrected chi connectivity index (χ4v) is 3.01. The van der Waals surface area contributed by atoms with E-state index in [0.29, 0.717) is 13.0 Å². The number of nitrogens with one attached hydrogen (secondary N) is 1. The van der Waals surface area contributed by atoms with E-state index in [1.807, 2.05) is 0 Å². The van der Waals surface area contributed by atoms with E-state index < -0.39 is 5.60 Å². The Morgan fingerprint density at radius 1 is 1.15 bits per heavy atom. The molecule has 5 nitrogen and oxygen atoms in total. The Hall–Kier alpha value is -0.650. The Morgan fingerprint density at radius 3 is 2.45 bits per heavy atom. The number of hydrogen-bond acceptors (Lipinski definition) is 4. The largest absolute Gasteiger partial charge is 0.388 e. The zero-order valence-corrected chi connectivity index (χ0v) is 12.7. The summed E-state index contributed by atoms with van der Waals surface area (Å²) in [5, 5.41) is 13.3. The quantitative estimate of drug-likeness (QED) is 0.768. The van der Waals surface area contributed by atoms with E-state index in [-0.39, 0.29) is 5.91 Å². The zero-order valence-electron chi connectivity index (χ0n) is 12.7. The molecule has 2 aliphatic rings. The van der Waals surface area contributed by atoms with Gasteiger partial charge >= 0.3 is 0 Å². The van der Waals surface area contributed by atoms with E-state index in [0.717, 1.165) is 45.6 Å². The summed E-state index contributed by atoms with van der Waals surface area (Å²) < 4.78 is 0. The summed E-state index contributed by atoms with van der Waals surface area (Å²) in [6.07, 6.45) is 5.88. The van der Waals surface area contributed by atoms with Crippen molar-refractivity contribution in [2.45, 2.75) is 44.1 Å². The maximum Gasteiger partial charge on any atom is 0.221 e. The summed E-state index contributed by atoms with van der Waals surface area (Å²) in [6.45, 7) is 5.32. The lowest BCUT2D eigenvalue weighted by Crippen LogP contribution is -2.50. The fraction of sp³-hybridized carbons (Fsp3) is 0.933. The highest BCUT2D eigenvalue weighted by molar-refractivity contribution is 5.76. The zero-order chi connectivity index (χ0) is 14.4. The number of nitrogens with zero attached hydrogens (tertiary/aromatic N) is 2. The smallest absolute Gasteiger partial charge is 0.221 e. The third-order valence-electron chi connectivity index (χ3n) is 4.64. The van der Waals surface area contributed by atoms with Gasteiger partial charge in [0.05, 0.1) is 5.60 Å². The van der Waals surface area contributed by atoms with Crippen LogP contribution in [0.5, 0.6) is 0 Å². The van der Waals surface area contributed by atoms with Crippen molar-refractivity contribution in [1.82, 2.24) is 15.1 Å². The third kappa shape index (κ3) is 5.04. The summed E-state index contributed by atoms with van der Waals surface area (Å²) in [5.74, 6) is 0.0722. The molecule has 20 heavy (non-hydrogen) atoms. The maximum atomic E-state index is 11.9. The molecule has 0 unspecified atom stereocenters. The second kappa shape index (κ2) is 7.38. The van der Waals surface area contributed by atoms with Gasteiger partial charge in [0.1, 0.15) is 0 Å². The topological polar surface area (TPSA) is 55.8 Å². The molecule has 2 fully saturated rings. The number of carbonyl (C=O) groups excluding carboxylic acids is 1. The van der Waals surface area contributed by atoms with Gasteiger partial charge in [-0.25, -0.2) is 0 Å². The number of hydrogen-bond donors (Lipinski definition) is 2. The van der Waals surface area contributed by atoms with Crippen LogP contribution >= 0.6 is 0 Å². The third-order valence-corrected chi connectivity index (χ3v) is 4.64. The van der Waals surface area contributed by atoms with Gasteiger partial charge in [0.2, 0.25) is 5.91 Å². The Morgan fingerprint density at radius 2 is 1.80 bits per heavy atom. The monoisotopic (exact) mass is 283 g/mol. The molecule has 2 aliphatic heterocycles. The van der Waals surface area contributed by atoms with Gasteiger partial charge in [-0.1, -0.05) is 6.42 Å². The Kier molecular flexibility index (Phi) is 5.81. The minimum atomic E-state index is -0.701. The van der Waals surface area contributed by atoms with Crippen molar-refractivity contribution in [1.29, 1.82) is 0 Å². The lowest BCUT2D eigenvalue weighted by atomic mass is 9.91. The SMILES string of the molecule is CN1CCC(O)(CNC(=O)CCN2CCCCC2)CC1. The van der Waals surface area contributed by atoms with Crippen molar-refractivity contribution in [2.24, 2.45) is 0 Å². The standard InChI is InChI=1S/C15H29N3O2/c1-17-11-6-15(20,7-12-17)13-16-14(19)5-10-18-8-3-2-4-9-18/h20H,2-13H2,1H3,(H,16,19). The summed E-state index contributed by atoms with van der Waals surface area (Å²) in [5.41, 5.74) is -0.701. The minimum absolute atomic E-state index is 0.0722. The fourth-order valence-electron chi connectivity index (χ4n) is 3.01. The molecule has 5 heteroatoms. The molecule has 0 radical (unpaired) electrons. The van der Waals surface area contributed by atoms with Gasteiger partial charge in [-0.05, 0) is 45.8 Å². The first-order chi connectivity index (χ1) is 9.57. The van der Waals surface area contributed by atoms with Crippen LogP contribution in [0.25, 0.3) is 0 Å². The van der Waals surface area contributed by atoms with Gasteiger partial charge in [0.25, 0.3) is 0 Å². The first kappa shape index (κ1) is 15.7. The molecule has 0 bridgehead atoms. The van der Waals surface area contributed by atoms with Crippen LogP contribution in [0, 0.1) is 0 Å². The van der Waals surface area contributed by atoms with Crippen LogP contribution in [0.15, 0.2) is 0 Å². The van der Waals surface area contributed by atoms with Crippen molar-refractivity contribution >= 4 is 5.91 Å². The Bertz CT molecular complexity index is 308. The highest BCUT2D eigenvalue weighted by atomic mass is 16.3. The van der Waals surface area contributed by atoms with E-state index >= 15 is 0 Å². The van der Waals surface area contributed by atoms with Crippen LogP contribution in [0.4, 0.5) is 0 Å². The number of likely N-dealkylation sites (tertiary alicyclic amines) is 2. The summed E-state index contributed by atoms with van der Waals surface area (Å²) in [7, 11) is 2.07. The molecule has 0 atom stereocenters. The molecule has 1 amide bonds. The number of carbonyl (C=O) groups is 1. The van der Waals surface area contributed by atoms with Gasteiger partial charge in [0, 0.05) is 32.6 Å². The maximum absolute atomic E-state index is 11.9. The van der Waals surface area contributed by atoms with E-state index in [1.54, 1.807) is 0 Å². The van der Waals surface area contributed by atoms with Gasteiger partial charge in [-0.2, -0.15) is 0 Å². The second-order valence-corrected chi connectivity index (χ2v) is 6.46. The molecule has 2 N–H and O–H groups in total. The Balaban J connectivity index is 1.62. The summed E-state index contributed by atoms with van der Waals surface area (Å²) in [6, 6.07) is 0. The van der Waals surface area contributed by atoms with E-state index in [2.05, 4.69) is 22.2 Å². The molecule has 0 aliphatic carbocycles. The molecule has 2 saturated heterocycles. The molecule has 0 aromatic rings. The van der Waals surface area contributed by atoms with Crippen LogP contribution in [0.2, 0.25) is 0 Å². The van der Waals surface area contributed by atoms with Crippen molar-refractivity contribution in [3.05, 3.63) is 0 Å². The van der Waals surface area contributed by atoms with Gasteiger partial charge in [-0.15, -0.1) is 0 Å². The van der Waals surface area contributed by atoms with Crippen molar-refractivity contribution in [2.75, 3.05) is 46.3 Å².